The van der Waals surface area contributed by atoms with Crippen molar-refractivity contribution < 1.29 is 18.7 Å². The number of ether oxygens (including phenoxy) is 1. The molecule has 1 aliphatic rings. The molecule has 2 heterocycles. The fraction of sp³-hybridized carbons (Fsp3) is 0.353. The number of carbonyl (C=O) groups excluding carboxylic acids is 2. The van der Waals surface area contributed by atoms with Crippen molar-refractivity contribution in [1.29, 1.82) is 0 Å². The number of aryl methyl sites for hydroxylation is 1. The third-order valence-electron chi connectivity index (χ3n) is 4.24. The summed E-state index contributed by atoms with van der Waals surface area (Å²) in [4.78, 5) is 26.3. The van der Waals surface area contributed by atoms with Crippen molar-refractivity contribution in [3.8, 4) is 0 Å². The normalized spacial score (nSPS) is 16.8. The number of amides is 2. The number of methoxy groups -OCH3 is 1. The molecule has 1 atom stereocenters. The number of anilines is 1. The zero-order valence-electron chi connectivity index (χ0n) is 13.9. The molecule has 1 aromatic heterocycles. The highest BCUT2D eigenvalue weighted by Gasteiger charge is 2.31. The van der Waals surface area contributed by atoms with Crippen LogP contribution in [0.15, 0.2) is 24.3 Å². The van der Waals surface area contributed by atoms with Crippen LogP contribution >= 0.6 is 11.5 Å². The van der Waals surface area contributed by atoms with E-state index in [-0.39, 0.29) is 23.5 Å². The van der Waals surface area contributed by atoms with Gasteiger partial charge in [-0.3, -0.25) is 5.32 Å². The van der Waals surface area contributed by atoms with E-state index in [0.29, 0.717) is 17.2 Å². The number of nitrogens with zero attached hydrogens (tertiary/aromatic N) is 2. The number of carbonyl (C=O) groups is 2. The number of esters is 1. The maximum absolute atomic E-state index is 13.1. The average molecular weight is 363 g/mol. The zero-order valence-corrected chi connectivity index (χ0v) is 14.7. The van der Waals surface area contributed by atoms with Gasteiger partial charge >= 0.3 is 12.0 Å². The third kappa shape index (κ3) is 3.48. The molecule has 132 valence electrons. The van der Waals surface area contributed by atoms with Gasteiger partial charge in [-0.05, 0) is 49.0 Å². The molecule has 8 heteroatoms. The van der Waals surface area contributed by atoms with Gasteiger partial charge in [-0.1, -0.05) is 12.1 Å². The van der Waals surface area contributed by atoms with Gasteiger partial charge < -0.3 is 9.64 Å². The molecule has 0 saturated carbocycles. The second-order valence-electron chi connectivity index (χ2n) is 5.80. The lowest BCUT2D eigenvalue weighted by Crippen LogP contribution is -2.34. The molecule has 2 aromatic rings. The molecule has 0 bridgehead atoms. The Bertz CT molecular complexity index is 791. The van der Waals surface area contributed by atoms with Gasteiger partial charge in [-0.2, -0.15) is 4.37 Å². The first kappa shape index (κ1) is 17.3. The lowest BCUT2D eigenvalue weighted by Gasteiger charge is -2.25. The van der Waals surface area contributed by atoms with Crippen LogP contribution in [-0.2, 0) is 4.74 Å². The molecule has 2 amide bonds. The fourth-order valence-electron chi connectivity index (χ4n) is 3.01. The minimum absolute atomic E-state index is 0.115. The molecule has 0 aliphatic carbocycles. The van der Waals surface area contributed by atoms with Crippen LogP contribution in [0.5, 0.6) is 0 Å². The molecule has 6 nitrogen and oxygen atoms in total. The number of aromatic nitrogens is 1. The Morgan fingerprint density at radius 3 is 2.76 bits per heavy atom. The molecular weight excluding hydrogens is 345 g/mol. The van der Waals surface area contributed by atoms with Crippen LogP contribution in [-0.4, -0.2) is 34.9 Å². The number of halogens is 1. The maximum Gasteiger partial charge on any atom is 0.342 e. The summed E-state index contributed by atoms with van der Waals surface area (Å²) in [7, 11) is 1.29. The second kappa shape index (κ2) is 7.18. The van der Waals surface area contributed by atoms with E-state index >= 15 is 0 Å². The number of hydrogen-bond donors (Lipinski definition) is 1. The molecule has 1 fully saturated rings. The molecule has 0 spiro atoms. The van der Waals surface area contributed by atoms with Crippen LogP contribution in [0.2, 0.25) is 0 Å². The standard InChI is InChI=1S/C17H18FN3O3S/c1-10-14(16(22)24-2)15(25-20-10)19-17(23)21-9-3-4-13(21)11-5-7-12(18)8-6-11/h5-8,13H,3-4,9H2,1-2H3,(H,19,23). The fourth-order valence-corrected chi connectivity index (χ4v) is 3.78. The molecule has 1 aliphatic heterocycles. The monoisotopic (exact) mass is 363 g/mol. The lowest BCUT2D eigenvalue weighted by atomic mass is 10.0. The Labute approximate surface area is 148 Å². The number of benzene rings is 1. The van der Waals surface area contributed by atoms with Crippen molar-refractivity contribution in [3.63, 3.8) is 0 Å². The van der Waals surface area contributed by atoms with Crippen molar-refractivity contribution in [1.82, 2.24) is 9.27 Å². The number of hydrogen-bond acceptors (Lipinski definition) is 5. The predicted molar refractivity (Wildman–Crippen MR) is 92.3 cm³/mol. The summed E-state index contributed by atoms with van der Waals surface area (Å²) in [5.41, 5.74) is 1.68. The van der Waals surface area contributed by atoms with Crippen molar-refractivity contribution in [2.75, 3.05) is 19.0 Å². The van der Waals surface area contributed by atoms with Crippen molar-refractivity contribution in [3.05, 3.63) is 46.9 Å². The Morgan fingerprint density at radius 2 is 2.08 bits per heavy atom. The predicted octanol–water partition coefficient (Wildman–Crippen LogP) is 3.75. The minimum atomic E-state index is -0.530. The van der Waals surface area contributed by atoms with Crippen LogP contribution in [0.3, 0.4) is 0 Å². The van der Waals surface area contributed by atoms with Gasteiger partial charge in [0, 0.05) is 6.54 Å². The van der Waals surface area contributed by atoms with E-state index < -0.39 is 5.97 Å². The van der Waals surface area contributed by atoms with Crippen LogP contribution in [0.1, 0.15) is 40.5 Å². The van der Waals surface area contributed by atoms with Crippen LogP contribution < -0.4 is 5.32 Å². The average Bonchev–Trinajstić information content (AvgIpc) is 3.22. The van der Waals surface area contributed by atoms with Gasteiger partial charge in [0.05, 0.1) is 18.8 Å². The number of nitrogens with one attached hydrogen (secondary N) is 1. The van der Waals surface area contributed by atoms with E-state index in [9.17, 15) is 14.0 Å². The highest BCUT2D eigenvalue weighted by Crippen LogP contribution is 2.33. The van der Waals surface area contributed by atoms with E-state index in [0.717, 1.165) is 29.9 Å². The van der Waals surface area contributed by atoms with Crippen LogP contribution in [0, 0.1) is 12.7 Å². The van der Waals surface area contributed by atoms with E-state index in [1.807, 2.05) is 0 Å². The molecule has 1 N–H and O–H groups in total. The Morgan fingerprint density at radius 1 is 1.36 bits per heavy atom. The zero-order chi connectivity index (χ0) is 18.0. The van der Waals surface area contributed by atoms with Crippen molar-refractivity contribution in [2.45, 2.75) is 25.8 Å². The van der Waals surface area contributed by atoms with Gasteiger partial charge in [0.1, 0.15) is 16.4 Å². The summed E-state index contributed by atoms with van der Waals surface area (Å²) in [6, 6.07) is 5.76. The molecule has 0 radical (unpaired) electrons. The molecular formula is C17H18FN3O3S. The Hall–Kier alpha value is -2.48. The summed E-state index contributed by atoms with van der Waals surface area (Å²) in [6.07, 6.45) is 1.67. The van der Waals surface area contributed by atoms with Crippen LogP contribution in [0.4, 0.5) is 14.2 Å². The van der Waals surface area contributed by atoms with Crippen molar-refractivity contribution >= 4 is 28.5 Å². The highest BCUT2D eigenvalue weighted by atomic mass is 32.1. The number of likely N-dealkylation sites (tertiary alicyclic amines) is 1. The van der Waals surface area contributed by atoms with Gasteiger partial charge in [0.2, 0.25) is 0 Å². The summed E-state index contributed by atoms with van der Waals surface area (Å²) in [6.45, 7) is 2.29. The summed E-state index contributed by atoms with van der Waals surface area (Å²) < 4.78 is 22.0. The maximum atomic E-state index is 13.1. The number of urea groups is 1. The molecule has 1 saturated heterocycles. The summed E-state index contributed by atoms with van der Waals surface area (Å²) >= 11 is 1.05. The minimum Gasteiger partial charge on any atom is -0.465 e. The van der Waals surface area contributed by atoms with Gasteiger partial charge in [0.15, 0.2) is 0 Å². The first-order valence-corrected chi connectivity index (χ1v) is 8.66. The van der Waals surface area contributed by atoms with E-state index in [2.05, 4.69) is 9.69 Å². The third-order valence-corrected chi connectivity index (χ3v) is 5.10. The van der Waals surface area contributed by atoms with E-state index in [4.69, 9.17) is 4.74 Å². The lowest BCUT2D eigenvalue weighted by molar-refractivity contribution is 0.0601. The smallest absolute Gasteiger partial charge is 0.342 e. The van der Waals surface area contributed by atoms with Gasteiger partial charge in [-0.25, -0.2) is 14.0 Å². The Balaban J connectivity index is 1.79. The molecule has 3 rings (SSSR count). The second-order valence-corrected chi connectivity index (χ2v) is 6.57. The molecule has 25 heavy (non-hydrogen) atoms. The van der Waals surface area contributed by atoms with Gasteiger partial charge in [0.25, 0.3) is 0 Å². The SMILES string of the molecule is COC(=O)c1c(C)nsc1NC(=O)N1CCCC1c1ccc(F)cc1. The Kier molecular flexibility index (Phi) is 4.98. The highest BCUT2D eigenvalue weighted by molar-refractivity contribution is 7.11. The first-order chi connectivity index (χ1) is 12.0. The molecule has 1 unspecified atom stereocenters. The summed E-state index contributed by atoms with van der Waals surface area (Å²) in [5, 5.41) is 3.14. The molecule has 1 aromatic carbocycles. The first-order valence-electron chi connectivity index (χ1n) is 7.89. The van der Waals surface area contributed by atoms with E-state index in [1.165, 1.54) is 19.2 Å². The van der Waals surface area contributed by atoms with E-state index in [1.54, 1.807) is 24.0 Å². The van der Waals surface area contributed by atoms with Crippen molar-refractivity contribution in [2.24, 2.45) is 0 Å². The quantitative estimate of drug-likeness (QED) is 0.843. The largest absolute Gasteiger partial charge is 0.465 e. The van der Waals surface area contributed by atoms with Crippen LogP contribution in [0.25, 0.3) is 0 Å². The summed E-state index contributed by atoms with van der Waals surface area (Å²) in [5.74, 6) is -0.835. The topological polar surface area (TPSA) is 71.5 Å². The number of rotatable bonds is 3. The van der Waals surface area contributed by atoms with Gasteiger partial charge in [-0.15, -0.1) is 0 Å².